The molecule has 1 heterocycles. The van der Waals surface area contributed by atoms with Crippen LogP contribution in [0.2, 0.25) is 5.02 Å². The topological polar surface area (TPSA) is 67.4 Å². The van der Waals surface area contributed by atoms with Crippen LogP contribution >= 0.6 is 23.4 Å². The number of amides is 2. The first-order valence-corrected chi connectivity index (χ1v) is 9.85. The number of ether oxygens (including phenoxy) is 1. The van der Waals surface area contributed by atoms with Crippen LogP contribution in [0.15, 0.2) is 71.6 Å². The minimum absolute atomic E-state index is 0.0801. The van der Waals surface area contributed by atoms with Crippen LogP contribution in [0, 0.1) is 0 Å². The van der Waals surface area contributed by atoms with Gasteiger partial charge in [-0.2, -0.15) is 0 Å². The summed E-state index contributed by atoms with van der Waals surface area (Å²) in [5, 5.41) is 6.10. The Balaban J connectivity index is 1.58. The van der Waals surface area contributed by atoms with Crippen molar-refractivity contribution >= 4 is 46.6 Å². The van der Waals surface area contributed by atoms with Crippen LogP contribution in [-0.4, -0.2) is 17.6 Å². The summed E-state index contributed by atoms with van der Waals surface area (Å²) in [5.74, 6) is 1.09. The molecule has 0 atom stereocenters. The van der Waals surface area contributed by atoms with Gasteiger partial charge < -0.3 is 15.4 Å². The Bertz CT molecular complexity index is 1060. The van der Waals surface area contributed by atoms with Crippen molar-refractivity contribution in [2.24, 2.45) is 0 Å². The normalized spacial score (nSPS) is 12.7. The number of fused-ring (bicyclic) bond motifs is 1. The summed E-state index contributed by atoms with van der Waals surface area (Å²) >= 11 is 7.55. The highest BCUT2D eigenvalue weighted by Gasteiger charge is 2.18. The van der Waals surface area contributed by atoms with E-state index in [0.29, 0.717) is 39.2 Å². The molecule has 0 aromatic heterocycles. The monoisotopic (exact) mass is 410 g/mol. The smallest absolute Gasteiger partial charge is 0.255 e. The van der Waals surface area contributed by atoms with E-state index < -0.39 is 0 Å². The van der Waals surface area contributed by atoms with Gasteiger partial charge in [-0.1, -0.05) is 29.8 Å². The molecule has 1 aliphatic heterocycles. The molecule has 0 bridgehead atoms. The largest absolute Gasteiger partial charge is 0.455 e. The second kappa shape index (κ2) is 7.96. The van der Waals surface area contributed by atoms with E-state index in [4.69, 9.17) is 16.3 Å². The molecule has 2 N–H and O–H groups in total. The Hall–Kier alpha value is -2.96. The molecule has 0 saturated carbocycles. The van der Waals surface area contributed by atoms with Crippen LogP contribution in [0.4, 0.5) is 11.4 Å². The van der Waals surface area contributed by atoms with Crippen molar-refractivity contribution < 1.29 is 14.3 Å². The van der Waals surface area contributed by atoms with Gasteiger partial charge in [-0.15, -0.1) is 11.8 Å². The number of benzene rings is 3. The second-order valence-electron chi connectivity index (χ2n) is 6.06. The first-order valence-electron chi connectivity index (χ1n) is 8.49. The number of carbonyl (C=O) groups excluding carboxylic acids is 2. The molecule has 4 rings (SSSR count). The van der Waals surface area contributed by atoms with Gasteiger partial charge in [0.25, 0.3) is 5.91 Å². The van der Waals surface area contributed by atoms with Gasteiger partial charge >= 0.3 is 0 Å². The molecule has 0 saturated heterocycles. The molecule has 1 aliphatic rings. The second-order valence-corrected chi connectivity index (χ2v) is 7.51. The van der Waals surface area contributed by atoms with Crippen LogP contribution in [0.3, 0.4) is 0 Å². The van der Waals surface area contributed by atoms with Crippen molar-refractivity contribution in [1.29, 1.82) is 0 Å². The van der Waals surface area contributed by atoms with E-state index in [1.807, 2.05) is 36.4 Å². The van der Waals surface area contributed by atoms with Gasteiger partial charge in [-0.05, 0) is 48.5 Å². The number of para-hydroxylation sites is 1. The lowest BCUT2D eigenvalue weighted by molar-refractivity contribution is -0.113. The summed E-state index contributed by atoms with van der Waals surface area (Å²) in [6, 6.07) is 19.5. The zero-order valence-corrected chi connectivity index (χ0v) is 16.1. The zero-order valence-electron chi connectivity index (χ0n) is 14.6. The maximum Gasteiger partial charge on any atom is 0.255 e. The average Bonchev–Trinajstić information content (AvgIpc) is 2.70. The number of thioether (sulfide) groups is 1. The fourth-order valence-corrected chi connectivity index (χ4v) is 3.68. The Labute approximate surface area is 171 Å². The third kappa shape index (κ3) is 4.13. The van der Waals surface area contributed by atoms with Gasteiger partial charge in [-0.25, -0.2) is 0 Å². The standard InChI is InChI=1S/C21H15ClN2O3S/c22-14-7-8-18(27-15-4-2-1-3-5-15)16(11-14)24-21(26)13-6-9-19-17(10-13)23-20(25)12-28-19/h1-11H,12H2,(H,23,25)(H,24,26). The number of nitrogens with one attached hydrogen (secondary N) is 2. The van der Waals surface area contributed by atoms with Crippen molar-refractivity contribution in [2.75, 3.05) is 16.4 Å². The molecule has 2 amide bonds. The maximum absolute atomic E-state index is 12.8. The molecule has 0 aliphatic carbocycles. The fourth-order valence-electron chi connectivity index (χ4n) is 2.72. The van der Waals surface area contributed by atoms with Gasteiger partial charge in [0.05, 0.1) is 17.1 Å². The molecule has 3 aromatic rings. The van der Waals surface area contributed by atoms with E-state index in [-0.39, 0.29) is 11.8 Å². The summed E-state index contributed by atoms with van der Waals surface area (Å²) in [5.41, 5.74) is 1.52. The molecule has 0 radical (unpaired) electrons. The summed E-state index contributed by atoms with van der Waals surface area (Å²) in [7, 11) is 0. The summed E-state index contributed by atoms with van der Waals surface area (Å²) in [4.78, 5) is 25.3. The molecule has 0 unspecified atom stereocenters. The van der Waals surface area contributed by atoms with Crippen molar-refractivity contribution in [3.05, 3.63) is 77.3 Å². The molecule has 5 nitrogen and oxygen atoms in total. The van der Waals surface area contributed by atoms with Gasteiger partial charge in [0.15, 0.2) is 5.75 Å². The van der Waals surface area contributed by atoms with Crippen molar-refractivity contribution in [3.63, 3.8) is 0 Å². The average molecular weight is 411 g/mol. The van der Waals surface area contributed by atoms with Gasteiger partial charge in [0, 0.05) is 15.5 Å². The molecule has 28 heavy (non-hydrogen) atoms. The third-order valence-corrected chi connectivity index (χ3v) is 5.34. The predicted molar refractivity (Wildman–Crippen MR) is 112 cm³/mol. The van der Waals surface area contributed by atoms with E-state index in [0.717, 1.165) is 4.90 Å². The van der Waals surface area contributed by atoms with E-state index in [1.165, 1.54) is 11.8 Å². The maximum atomic E-state index is 12.8. The molecule has 0 spiro atoms. The molecular weight excluding hydrogens is 396 g/mol. The Kier molecular flexibility index (Phi) is 5.23. The van der Waals surface area contributed by atoms with Crippen molar-refractivity contribution in [3.8, 4) is 11.5 Å². The lowest BCUT2D eigenvalue weighted by Gasteiger charge is -2.17. The molecule has 3 aromatic carbocycles. The minimum atomic E-state index is -0.326. The molecule has 140 valence electrons. The molecule has 7 heteroatoms. The number of hydrogen-bond donors (Lipinski definition) is 2. The van der Waals surface area contributed by atoms with E-state index in [2.05, 4.69) is 10.6 Å². The number of anilines is 2. The van der Waals surface area contributed by atoms with Gasteiger partial charge in [0.2, 0.25) is 5.91 Å². The van der Waals surface area contributed by atoms with Gasteiger partial charge in [-0.3, -0.25) is 9.59 Å². The lowest BCUT2D eigenvalue weighted by atomic mass is 10.1. The van der Waals surface area contributed by atoms with Gasteiger partial charge in [0.1, 0.15) is 5.75 Å². The van der Waals surface area contributed by atoms with Crippen molar-refractivity contribution in [2.45, 2.75) is 4.90 Å². The Morgan fingerprint density at radius 1 is 1.07 bits per heavy atom. The van der Waals surface area contributed by atoms with E-state index in [9.17, 15) is 9.59 Å². The number of hydrogen-bond acceptors (Lipinski definition) is 4. The van der Waals surface area contributed by atoms with E-state index >= 15 is 0 Å². The zero-order chi connectivity index (χ0) is 19.5. The Morgan fingerprint density at radius 2 is 1.89 bits per heavy atom. The summed E-state index contributed by atoms with van der Waals surface area (Å²) in [6.07, 6.45) is 0. The number of halogens is 1. The summed E-state index contributed by atoms with van der Waals surface area (Å²) < 4.78 is 5.87. The highest BCUT2D eigenvalue weighted by atomic mass is 35.5. The highest BCUT2D eigenvalue weighted by molar-refractivity contribution is 8.00. The number of carbonyl (C=O) groups is 2. The third-order valence-electron chi connectivity index (χ3n) is 4.04. The molecule has 0 fully saturated rings. The predicted octanol–water partition coefficient (Wildman–Crippen LogP) is 5.43. The van der Waals surface area contributed by atoms with Crippen LogP contribution in [0.25, 0.3) is 0 Å². The van der Waals surface area contributed by atoms with Crippen LogP contribution in [0.5, 0.6) is 11.5 Å². The first kappa shape index (κ1) is 18.4. The Morgan fingerprint density at radius 3 is 2.71 bits per heavy atom. The SMILES string of the molecule is O=C1CSc2ccc(C(=O)Nc3cc(Cl)ccc3Oc3ccccc3)cc2N1. The molecular formula is C21H15ClN2O3S. The van der Waals surface area contributed by atoms with Crippen LogP contribution in [-0.2, 0) is 4.79 Å². The van der Waals surface area contributed by atoms with Crippen molar-refractivity contribution in [1.82, 2.24) is 0 Å². The van der Waals surface area contributed by atoms with E-state index in [1.54, 1.807) is 30.3 Å². The first-order chi connectivity index (χ1) is 13.6. The summed E-state index contributed by atoms with van der Waals surface area (Å²) in [6.45, 7) is 0. The lowest BCUT2D eigenvalue weighted by Crippen LogP contribution is -2.20. The quantitative estimate of drug-likeness (QED) is 0.601. The fraction of sp³-hybridized carbons (Fsp3) is 0.0476. The number of rotatable bonds is 4. The van der Waals surface area contributed by atoms with Crippen LogP contribution < -0.4 is 15.4 Å². The highest BCUT2D eigenvalue weighted by Crippen LogP contribution is 2.34. The van der Waals surface area contributed by atoms with Crippen LogP contribution in [0.1, 0.15) is 10.4 Å². The minimum Gasteiger partial charge on any atom is -0.455 e.